The van der Waals surface area contributed by atoms with Crippen molar-refractivity contribution in [2.45, 2.75) is 33.4 Å². The van der Waals surface area contributed by atoms with Crippen molar-refractivity contribution in [1.29, 1.82) is 0 Å². The molecule has 0 aliphatic heterocycles. The van der Waals surface area contributed by atoms with Gasteiger partial charge < -0.3 is 20.2 Å². The van der Waals surface area contributed by atoms with Crippen LogP contribution in [0.15, 0.2) is 33.7 Å². The van der Waals surface area contributed by atoms with Gasteiger partial charge in [-0.1, -0.05) is 29.8 Å². The highest BCUT2D eigenvalue weighted by atomic mass is 35.5. The summed E-state index contributed by atoms with van der Waals surface area (Å²) < 4.78 is 5.51. The Labute approximate surface area is 147 Å². The van der Waals surface area contributed by atoms with Gasteiger partial charge in [-0.15, -0.1) is 0 Å². The zero-order valence-corrected chi connectivity index (χ0v) is 14.9. The fourth-order valence-electron chi connectivity index (χ4n) is 2.14. The monoisotopic (exact) mass is 350 g/mol. The predicted molar refractivity (Wildman–Crippen MR) is 95.2 cm³/mol. The Morgan fingerprint density at radius 1 is 1.33 bits per heavy atom. The molecule has 1 aromatic heterocycles. The lowest BCUT2D eigenvalue weighted by Crippen LogP contribution is -2.39. The number of oxazole rings is 1. The Bertz CT molecular complexity index is 680. The Morgan fingerprint density at radius 2 is 2.08 bits per heavy atom. The van der Waals surface area contributed by atoms with Gasteiger partial charge in [0.2, 0.25) is 5.89 Å². The first kappa shape index (κ1) is 18.3. The summed E-state index contributed by atoms with van der Waals surface area (Å²) in [6, 6.07) is 7.23. The van der Waals surface area contributed by atoms with Crippen molar-refractivity contribution in [3.05, 3.63) is 52.2 Å². The highest BCUT2D eigenvalue weighted by molar-refractivity contribution is 6.31. The van der Waals surface area contributed by atoms with E-state index in [0.29, 0.717) is 42.1 Å². The molecule has 0 fully saturated rings. The topological polar surface area (TPSA) is 82.7 Å². The number of halogens is 1. The molecule has 0 saturated carbocycles. The van der Waals surface area contributed by atoms with E-state index in [0.717, 1.165) is 11.5 Å². The van der Waals surface area contributed by atoms with Crippen LogP contribution in [-0.2, 0) is 6.54 Å². The van der Waals surface area contributed by atoms with Crippen molar-refractivity contribution in [2.24, 2.45) is 4.99 Å². The molecule has 2 rings (SSSR count). The van der Waals surface area contributed by atoms with Gasteiger partial charge in [-0.3, -0.25) is 0 Å². The summed E-state index contributed by atoms with van der Waals surface area (Å²) in [6.45, 7) is 7.07. The standard InChI is InChI=1S/C17H23ClN4O2/c1-4-19-17(21-10-16-22-11(2)12(3)24-16)20-9-15(23)13-7-5-6-8-14(13)18/h5-8,15,23H,4,9-10H2,1-3H3,(H2,19,20,21). The van der Waals surface area contributed by atoms with Gasteiger partial charge >= 0.3 is 0 Å². The smallest absolute Gasteiger partial charge is 0.216 e. The van der Waals surface area contributed by atoms with E-state index >= 15 is 0 Å². The van der Waals surface area contributed by atoms with Crippen LogP contribution >= 0.6 is 11.6 Å². The van der Waals surface area contributed by atoms with Crippen LogP contribution in [0.1, 0.15) is 35.9 Å². The van der Waals surface area contributed by atoms with Crippen LogP contribution in [0.2, 0.25) is 5.02 Å². The van der Waals surface area contributed by atoms with Gasteiger partial charge in [0.05, 0.1) is 11.8 Å². The van der Waals surface area contributed by atoms with E-state index in [-0.39, 0.29) is 0 Å². The van der Waals surface area contributed by atoms with Gasteiger partial charge in [-0.25, -0.2) is 9.98 Å². The van der Waals surface area contributed by atoms with Gasteiger partial charge in [-0.05, 0) is 26.8 Å². The molecule has 24 heavy (non-hydrogen) atoms. The van der Waals surface area contributed by atoms with Crippen molar-refractivity contribution in [3.63, 3.8) is 0 Å². The molecular formula is C17H23ClN4O2. The number of guanidine groups is 1. The van der Waals surface area contributed by atoms with E-state index in [1.165, 1.54) is 0 Å². The minimum atomic E-state index is -0.728. The molecule has 0 aliphatic carbocycles. The van der Waals surface area contributed by atoms with Crippen molar-refractivity contribution < 1.29 is 9.52 Å². The van der Waals surface area contributed by atoms with E-state index in [1.807, 2.05) is 32.9 Å². The lowest BCUT2D eigenvalue weighted by atomic mass is 10.1. The number of nitrogens with one attached hydrogen (secondary N) is 2. The zero-order valence-electron chi connectivity index (χ0n) is 14.1. The molecule has 7 heteroatoms. The van der Waals surface area contributed by atoms with Gasteiger partial charge in [0.25, 0.3) is 0 Å². The van der Waals surface area contributed by atoms with E-state index in [4.69, 9.17) is 16.0 Å². The van der Waals surface area contributed by atoms with Crippen LogP contribution in [0.5, 0.6) is 0 Å². The fourth-order valence-corrected chi connectivity index (χ4v) is 2.41. The van der Waals surface area contributed by atoms with Crippen molar-refractivity contribution >= 4 is 17.6 Å². The molecule has 0 saturated heterocycles. The van der Waals surface area contributed by atoms with Crippen LogP contribution in [-0.4, -0.2) is 29.1 Å². The SMILES string of the molecule is CCNC(=NCc1nc(C)c(C)o1)NCC(O)c1ccccc1Cl. The average Bonchev–Trinajstić information content (AvgIpc) is 2.88. The van der Waals surface area contributed by atoms with E-state index in [9.17, 15) is 5.11 Å². The third-order valence-electron chi connectivity index (χ3n) is 3.52. The Kier molecular flexibility index (Phi) is 6.63. The minimum Gasteiger partial charge on any atom is -0.444 e. The second kappa shape index (κ2) is 8.70. The third-order valence-corrected chi connectivity index (χ3v) is 3.86. The first-order chi connectivity index (χ1) is 11.5. The van der Waals surface area contributed by atoms with Crippen LogP contribution in [0.25, 0.3) is 0 Å². The molecule has 1 atom stereocenters. The number of benzene rings is 1. The maximum Gasteiger partial charge on any atom is 0.216 e. The lowest BCUT2D eigenvalue weighted by Gasteiger charge is -2.16. The molecule has 6 nitrogen and oxygen atoms in total. The maximum atomic E-state index is 10.3. The molecule has 1 unspecified atom stereocenters. The average molecular weight is 351 g/mol. The van der Waals surface area contributed by atoms with E-state index in [2.05, 4.69) is 20.6 Å². The van der Waals surface area contributed by atoms with Gasteiger partial charge in [0, 0.05) is 23.7 Å². The number of aliphatic hydroxyl groups excluding tert-OH is 1. The third kappa shape index (κ3) is 4.97. The van der Waals surface area contributed by atoms with Gasteiger partial charge in [-0.2, -0.15) is 0 Å². The number of hydrogen-bond donors (Lipinski definition) is 3. The first-order valence-corrected chi connectivity index (χ1v) is 8.26. The summed E-state index contributed by atoms with van der Waals surface area (Å²) in [7, 11) is 0. The first-order valence-electron chi connectivity index (χ1n) is 7.88. The highest BCUT2D eigenvalue weighted by Crippen LogP contribution is 2.21. The summed E-state index contributed by atoms with van der Waals surface area (Å²) in [5.41, 5.74) is 1.55. The number of nitrogens with zero attached hydrogens (tertiary/aromatic N) is 2. The summed E-state index contributed by atoms with van der Waals surface area (Å²) in [6.07, 6.45) is -0.728. The molecule has 0 radical (unpaired) electrons. The normalized spacial score (nSPS) is 13.0. The molecule has 0 spiro atoms. The minimum absolute atomic E-state index is 0.291. The van der Waals surface area contributed by atoms with Gasteiger partial charge in [0.1, 0.15) is 12.3 Å². The van der Waals surface area contributed by atoms with Crippen LogP contribution in [0, 0.1) is 13.8 Å². The number of aliphatic imine (C=N–C) groups is 1. The lowest BCUT2D eigenvalue weighted by molar-refractivity contribution is 0.181. The van der Waals surface area contributed by atoms with Gasteiger partial charge in [0.15, 0.2) is 5.96 Å². The molecular weight excluding hydrogens is 328 g/mol. The second-order valence-electron chi connectivity index (χ2n) is 5.36. The molecule has 0 aliphatic rings. The maximum absolute atomic E-state index is 10.3. The summed E-state index contributed by atoms with van der Waals surface area (Å²) in [4.78, 5) is 8.72. The van der Waals surface area contributed by atoms with Crippen molar-refractivity contribution in [1.82, 2.24) is 15.6 Å². The molecule has 2 aromatic rings. The van der Waals surface area contributed by atoms with Crippen LogP contribution in [0.3, 0.4) is 0 Å². The van der Waals surface area contributed by atoms with Crippen molar-refractivity contribution in [3.8, 4) is 0 Å². The summed E-state index contributed by atoms with van der Waals surface area (Å²) >= 11 is 6.10. The molecule has 1 heterocycles. The second-order valence-corrected chi connectivity index (χ2v) is 5.77. The number of aliphatic hydroxyl groups is 1. The van der Waals surface area contributed by atoms with E-state index < -0.39 is 6.10 Å². The molecule has 1 aromatic carbocycles. The zero-order chi connectivity index (χ0) is 17.5. The molecule has 0 amide bonds. The predicted octanol–water partition coefficient (Wildman–Crippen LogP) is 2.73. The van der Waals surface area contributed by atoms with Crippen LogP contribution < -0.4 is 10.6 Å². The van der Waals surface area contributed by atoms with Crippen molar-refractivity contribution in [2.75, 3.05) is 13.1 Å². The molecule has 3 N–H and O–H groups in total. The quantitative estimate of drug-likeness (QED) is 0.551. The largest absolute Gasteiger partial charge is 0.444 e. The summed E-state index contributed by atoms with van der Waals surface area (Å²) in [5.74, 6) is 1.94. The fraction of sp³-hybridized carbons (Fsp3) is 0.412. The number of rotatable bonds is 6. The number of aryl methyl sites for hydroxylation is 2. The summed E-state index contributed by atoms with van der Waals surface area (Å²) in [5, 5.41) is 17.0. The number of aromatic nitrogens is 1. The highest BCUT2D eigenvalue weighted by Gasteiger charge is 2.12. The molecule has 0 bridgehead atoms. The Morgan fingerprint density at radius 3 is 2.71 bits per heavy atom. The van der Waals surface area contributed by atoms with E-state index in [1.54, 1.807) is 12.1 Å². The Balaban J connectivity index is 1.97. The van der Waals surface area contributed by atoms with Crippen LogP contribution in [0.4, 0.5) is 0 Å². The Hall–Kier alpha value is -2.05. The molecule has 130 valence electrons. The number of hydrogen-bond acceptors (Lipinski definition) is 4.